The average Bonchev–Trinajstić information content (AvgIpc) is 1.87. The van der Waals surface area contributed by atoms with Gasteiger partial charge in [-0.3, -0.25) is 0 Å². The molecule has 0 aromatic heterocycles. The first-order valence-corrected chi connectivity index (χ1v) is 4.05. The van der Waals surface area contributed by atoms with E-state index >= 15 is 0 Å². The zero-order valence-electron chi connectivity index (χ0n) is 6.61. The molecule has 1 unspecified atom stereocenters. The molecule has 9 heavy (non-hydrogen) atoms. The van der Waals surface area contributed by atoms with Crippen molar-refractivity contribution in [3.63, 3.8) is 0 Å². The van der Waals surface area contributed by atoms with E-state index in [-0.39, 0.29) is 12.4 Å². The summed E-state index contributed by atoms with van der Waals surface area (Å²) in [7, 11) is 2.94. The van der Waals surface area contributed by atoms with Gasteiger partial charge < -0.3 is 0 Å². The Balaban J connectivity index is 0. The molecule has 0 radical (unpaired) electrons. The first kappa shape index (κ1) is 12.4. The Kier molecular flexibility index (Phi) is 7.58. The fourth-order valence-electron chi connectivity index (χ4n) is 0.750. The first-order chi connectivity index (χ1) is 3.68. The van der Waals surface area contributed by atoms with Crippen LogP contribution in [-0.4, -0.2) is 5.16 Å². The molecule has 0 aliphatic carbocycles. The monoisotopic (exact) mass is 168 g/mol. The fraction of sp³-hybridized carbons (Fsp3) is 1.00. The van der Waals surface area contributed by atoms with Crippen LogP contribution in [0.25, 0.3) is 0 Å². The minimum atomic E-state index is 0. The van der Waals surface area contributed by atoms with E-state index in [0.717, 1.165) is 0 Å². The molecule has 0 spiro atoms. The van der Waals surface area contributed by atoms with E-state index in [2.05, 4.69) is 30.0 Å². The van der Waals surface area contributed by atoms with Gasteiger partial charge in [0, 0.05) is 0 Å². The second-order valence-corrected chi connectivity index (χ2v) is 3.65. The van der Waals surface area contributed by atoms with Gasteiger partial charge in [0.15, 0.2) is 0 Å². The van der Waals surface area contributed by atoms with Crippen LogP contribution in [0.1, 0.15) is 40.0 Å². The van der Waals surface area contributed by atoms with Crippen molar-refractivity contribution in [2.75, 3.05) is 0 Å². The molecule has 0 amide bonds. The van der Waals surface area contributed by atoms with Crippen LogP contribution in [0.5, 0.6) is 0 Å². The quantitative estimate of drug-likeness (QED) is 0.568. The van der Waals surface area contributed by atoms with Gasteiger partial charge in [-0.2, -0.15) is 0 Å². The van der Waals surface area contributed by atoms with Crippen LogP contribution in [0.2, 0.25) is 0 Å². The fourth-order valence-corrected chi connectivity index (χ4v) is 0.750. The Morgan fingerprint density at radius 3 is 1.22 bits per heavy atom. The number of rotatable bonds is 3. The molecule has 0 heterocycles. The Morgan fingerprint density at radius 1 is 1.00 bits per heavy atom. The van der Waals surface area contributed by atoms with Crippen molar-refractivity contribution < 1.29 is 0 Å². The van der Waals surface area contributed by atoms with Crippen molar-refractivity contribution in [3.05, 3.63) is 0 Å². The summed E-state index contributed by atoms with van der Waals surface area (Å²) in [6, 6.07) is 0. The maximum absolute atomic E-state index is 2.94. The van der Waals surface area contributed by atoms with E-state index in [1.54, 1.807) is 0 Å². The molecule has 0 aliphatic heterocycles. The molecule has 0 aromatic rings. The van der Waals surface area contributed by atoms with Crippen LogP contribution in [0.4, 0.5) is 0 Å². The summed E-state index contributed by atoms with van der Waals surface area (Å²) in [5.74, 6) is 0. The molecule has 58 valence electrons. The summed E-state index contributed by atoms with van der Waals surface area (Å²) in [6.45, 7) is 6.75. The number of halogens is 1. The lowest BCUT2D eigenvalue weighted by molar-refractivity contribution is 0.531. The van der Waals surface area contributed by atoms with Crippen LogP contribution in [0.15, 0.2) is 0 Å². The van der Waals surface area contributed by atoms with Crippen LogP contribution < -0.4 is 0 Å². The summed E-state index contributed by atoms with van der Waals surface area (Å²) >= 11 is 0. The van der Waals surface area contributed by atoms with E-state index in [4.69, 9.17) is 0 Å². The molecule has 0 saturated heterocycles. The van der Waals surface area contributed by atoms with E-state index in [9.17, 15) is 0 Å². The second kappa shape index (κ2) is 5.50. The van der Waals surface area contributed by atoms with Crippen molar-refractivity contribution >= 4 is 21.6 Å². The van der Waals surface area contributed by atoms with Crippen molar-refractivity contribution in [3.8, 4) is 0 Å². The molecular formula is C7H18ClP. The minimum Gasteiger partial charge on any atom is -0.147 e. The Morgan fingerprint density at radius 2 is 1.22 bits per heavy atom. The third-order valence-corrected chi connectivity index (χ3v) is 3.34. The van der Waals surface area contributed by atoms with E-state index < -0.39 is 0 Å². The Bertz CT molecular complexity index is 51.7. The average molecular weight is 169 g/mol. The number of hydrogen-bond donors (Lipinski definition) is 0. The smallest absolute Gasteiger partial charge is 0.0158 e. The van der Waals surface area contributed by atoms with E-state index in [1.807, 2.05) is 0 Å². The van der Waals surface area contributed by atoms with Gasteiger partial charge in [-0.05, 0) is 24.4 Å². The highest BCUT2D eigenvalue weighted by Gasteiger charge is 2.15. The topological polar surface area (TPSA) is 0 Å². The highest BCUT2D eigenvalue weighted by atomic mass is 35.5. The third-order valence-electron chi connectivity index (χ3n) is 2.11. The highest BCUT2D eigenvalue weighted by Crippen LogP contribution is 2.29. The third kappa shape index (κ3) is 4.17. The largest absolute Gasteiger partial charge is 0.147 e. The maximum atomic E-state index is 2.94. The van der Waals surface area contributed by atoms with Crippen LogP contribution in [0, 0.1) is 0 Å². The van der Waals surface area contributed by atoms with Crippen LogP contribution >= 0.6 is 21.6 Å². The van der Waals surface area contributed by atoms with E-state index in [1.165, 1.54) is 19.3 Å². The maximum Gasteiger partial charge on any atom is -0.0158 e. The van der Waals surface area contributed by atoms with Crippen molar-refractivity contribution in [1.82, 2.24) is 0 Å². The molecule has 0 aliphatic rings. The predicted molar refractivity (Wildman–Crippen MR) is 50.6 cm³/mol. The molecule has 0 rings (SSSR count). The molecule has 0 aromatic carbocycles. The van der Waals surface area contributed by atoms with Gasteiger partial charge >= 0.3 is 0 Å². The molecule has 0 saturated carbocycles. The van der Waals surface area contributed by atoms with Gasteiger partial charge in [0.25, 0.3) is 0 Å². The molecule has 0 nitrogen and oxygen atoms in total. The SMILES string of the molecule is CCC(P)(CC)CC.Cl. The molecule has 0 N–H and O–H groups in total. The summed E-state index contributed by atoms with van der Waals surface area (Å²) in [5, 5.41) is 0.542. The minimum absolute atomic E-state index is 0. The lowest BCUT2D eigenvalue weighted by atomic mass is 9.99. The molecule has 1 atom stereocenters. The number of hydrogen-bond acceptors (Lipinski definition) is 0. The molecular weight excluding hydrogens is 151 g/mol. The first-order valence-electron chi connectivity index (χ1n) is 3.47. The summed E-state index contributed by atoms with van der Waals surface area (Å²) in [4.78, 5) is 0. The Hall–Kier alpha value is 0.720. The van der Waals surface area contributed by atoms with Crippen molar-refractivity contribution in [2.45, 2.75) is 45.2 Å². The lowest BCUT2D eigenvalue weighted by Gasteiger charge is -2.23. The van der Waals surface area contributed by atoms with E-state index in [0.29, 0.717) is 5.16 Å². The highest BCUT2D eigenvalue weighted by molar-refractivity contribution is 7.18. The lowest BCUT2D eigenvalue weighted by Crippen LogP contribution is -2.15. The standard InChI is InChI=1S/C7H17P.ClH/c1-4-7(8,5-2)6-3;/h4-6,8H2,1-3H3;1H. The predicted octanol–water partition coefficient (Wildman–Crippen LogP) is 3.25. The van der Waals surface area contributed by atoms with Gasteiger partial charge in [0.1, 0.15) is 0 Å². The Labute approximate surface area is 67.4 Å². The molecule has 0 bridgehead atoms. The normalized spacial score (nSPS) is 10.7. The second-order valence-electron chi connectivity index (χ2n) is 2.42. The molecule has 0 fully saturated rings. The molecule has 2 heteroatoms. The van der Waals surface area contributed by atoms with Crippen molar-refractivity contribution in [2.24, 2.45) is 0 Å². The van der Waals surface area contributed by atoms with Crippen molar-refractivity contribution in [1.29, 1.82) is 0 Å². The zero-order valence-corrected chi connectivity index (χ0v) is 8.58. The summed E-state index contributed by atoms with van der Waals surface area (Å²) in [5.41, 5.74) is 0. The zero-order chi connectivity index (χ0) is 6.62. The van der Waals surface area contributed by atoms with Crippen LogP contribution in [0.3, 0.4) is 0 Å². The summed E-state index contributed by atoms with van der Waals surface area (Å²) in [6.07, 6.45) is 3.85. The van der Waals surface area contributed by atoms with Gasteiger partial charge in [0.2, 0.25) is 0 Å². The van der Waals surface area contributed by atoms with Gasteiger partial charge in [-0.15, -0.1) is 21.6 Å². The van der Waals surface area contributed by atoms with Gasteiger partial charge in [0.05, 0.1) is 0 Å². The van der Waals surface area contributed by atoms with Gasteiger partial charge in [-0.25, -0.2) is 0 Å². The summed E-state index contributed by atoms with van der Waals surface area (Å²) < 4.78 is 0. The van der Waals surface area contributed by atoms with Crippen LogP contribution in [-0.2, 0) is 0 Å². The van der Waals surface area contributed by atoms with Gasteiger partial charge in [-0.1, -0.05) is 20.8 Å².